The largest absolute Gasteiger partial charge is 0.372 e. The Hall–Kier alpha value is -3.45. The van der Waals surface area contributed by atoms with Gasteiger partial charge >= 0.3 is 6.03 Å². The molecule has 11 nitrogen and oxygen atoms in total. The molecule has 0 saturated carbocycles. The third-order valence-corrected chi connectivity index (χ3v) is 7.67. The van der Waals surface area contributed by atoms with Gasteiger partial charge in [0, 0.05) is 13.0 Å². The smallest absolute Gasteiger partial charge is 0.328 e. The molecule has 1 spiro atoms. The highest BCUT2D eigenvalue weighted by Gasteiger charge is 2.63. The lowest BCUT2D eigenvalue weighted by atomic mass is 9.66. The predicted molar refractivity (Wildman–Crippen MR) is 117 cm³/mol. The molecule has 0 radical (unpaired) electrons. The Morgan fingerprint density at radius 2 is 1.97 bits per heavy atom. The molecule has 5 heterocycles. The summed E-state index contributed by atoms with van der Waals surface area (Å²) in [6.07, 6.45) is -1.03. The van der Waals surface area contributed by atoms with Crippen molar-refractivity contribution in [2.45, 2.75) is 45.4 Å². The van der Waals surface area contributed by atoms with Gasteiger partial charge in [0.25, 0.3) is 0 Å². The van der Waals surface area contributed by atoms with Gasteiger partial charge in [-0.1, -0.05) is 9.64 Å². The van der Waals surface area contributed by atoms with Crippen LogP contribution in [0.15, 0.2) is 10.6 Å². The van der Waals surface area contributed by atoms with E-state index >= 15 is 4.39 Å². The molecule has 6 rings (SSSR count). The first kappa shape index (κ1) is 21.1. The topological polar surface area (TPSA) is 140 Å². The molecule has 0 bridgehead atoms. The highest BCUT2D eigenvalue weighted by Crippen LogP contribution is 2.49. The van der Waals surface area contributed by atoms with Crippen molar-refractivity contribution in [3.05, 3.63) is 23.1 Å². The molecule has 3 aromatic rings. The molecule has 2 fully saturated rings. The number of ether oxygens (including phenoxy) is 1. The van der Waals surface area contributed by atoms with E-state index in [2.05, 4.69) is 25.4 Å². The predicted octanol–water partition coefficient (Wildman–Crippen LogP) is 1.68. The average Bonchev–Trinajstić information content (AvgIpc) is 3.37. The first-order chi connectivity index (χ1) is 16.2. The lowest BCUT2D eigenvalue weighted by molar-refractivity contribution is -0.153. The zero-order valence-electron chi connectivity index (χ0n) is 18.3. The highest BCUT2D eigenvalue weighted by atomic mass is 32.1. The van der Waals surface area contributed by atoms with Gasteiger partial charge in [0.15, 0.2) is 11.2 Å². The molecule has 3 aliphatic rings. The number of aromatic nitrogens is 3. The Labute approximate surface area is 195 Å². The van der Waals surface area contributed by atoms with Crippen LogP contribution in [0.4, 0.5) is 14.9 Å². The molecule has 2 saturated heterocycles. The van der Waals surface area contributed by atoms with E-state index in [1.165, 1.54) is 0 Å². The number of amides is 4. The van der Waals surface area contributed by atoms with Gasteiger partial charge in [0.1, 0.15) is 10.6 Å². The summed E-state index contributed by atoms with van der Waals surface area (Å²) in [5, 5.41) is 12.9. The lowest BCUT2D eigenvalue weighted by Gasteiger charge is -2.55. The van der Waals surface area contributed by atoms with E-state index in [4.69, 9.17) is 9.26 Å². The van der Waals surface area contributed by atoms with E-state index in [0.29, 0.717) is 27.2 Å². The maximum Gasteiger partial charge on any atom is 0.328 e. The van der Waals surface area contributed by atoms with Crippen LogP contribution >= 0.6 is 11.5 Å². The molecule has 13 heteroatoms. The van der Waals surface area contributed by atoms with Crippen LogP contribution in [0.1, 0.15) is 25.1 Å². The molecule has 2 aromatic heterocycles. The second-order valence-corrected chi connectivity index (χ2v) is 9.68. The molecule has 34 heavy (non-hydrogen) atoms. The van der Waals surface area contributed by atoms with E-state index in [0.717, 1.165) is 11.5 Å². The summed E-state index contributed by atoms with van der Waals surface area (Å²) >= 11 is 1.11. The summed E-state index contributed by atoms with van der Waals surface area (Å²) in [4.78, 5) is 40.7. The van der Waals surface area contributed by atoms with Crippen LogP contribution in [0.3, 0.4) is 0 Å². The van der Waals surface area contributed by atoms with Crippen molar-refractivity contribution >= 4 is 46.0 Å². The summed E-state index contributed by atoms with van der Waals surface area (Å²) < 4.78 is 31.3. The van der Waals surface area contributed by atoms with E-state index in [-0.39, 0.29) is 30.3 Å². The van der Waals surface area contributed by atoms with Gasteiger partial charge < -0.3 is 14.2 Å². The SMILES string of the molecule is Cc1nnsc1-c1noc2c(F)c3c(cc12)CC1(C(=O)NC(=O)NC1=O)C1C(C)OC(C)CN31. The summed E-state index contributed by atoms with van der Waals surface area (Å²) in [5.74, 6) is -2.10. The first-order valence-corrected chi connectivity index (χ1v) is 11.5. The fourth-order valence-electron chi connectivity index (χ4n) is 5.56. The Balaban J connectivity index is 1.61. The Morgan fingerprint density at radius 1 is 1.24 bits per heavy atom. The minimum Gasteiger partial charge on any atom is -0.372 e. The molecular formula is C21H19FN6O5S. The number of nitrogens with one attached hydrogen (secondary N) is 2. The maximum atomic E-state index is 16.0. The number of barbiturate groups is 1. The Morgan fingerprint density at radius 3 is 2.65 bits per heavy atom. The number of hydrogen-bond donors (Lipinski definition) is 2. The minimum atomic E-state index is -1.69. The molecule has 4 amide bonds. The van der Waals surface area contributed by atoms with Gasteiger partial charge in [-0.15, -0.1) is 5.10 Å². The number of morpholine rings is 1. The first-order valence-electron chi connectivity index (χ1n) is 10.7. The normalized spacial score (nSPS) is 25.8. The van der Waals surface area contributed by atoms with E-state index in [1.807, 2.05) is 6.92 Å². The maximum absolute atomic E-state index is 16.0. The van der Waals surface area contributed by atoms with Crippen LogP contribution in [-0.4, -0.2) is 57.4 Å². The van der Waals surface area contributed by atoms with Crippen molar-refractivity contribution in [1.29, 1.82) is 0 Å². The van der Waals surface area contributed by atoms with Crippen LogP contribution in [0.25, 0.3) is 21.5 Å². The number of imide groups is 2. The number of carbonyl (C=O) groups is 3. The van der Waals surface area contributed by atoms with E-state index in [9.17, 15) is 14.4 Å². The van der Waals surface area contributed by atoms with Crippen LogP contribution < -0.4 is 15.5 Å². The van der Waals surface area contributed by atoms with Crippen LogP contribution in [0, 0.1) is 18.2 Å². The summed E-state index contributed by atoms with van der Waals surface area (Å²) in [7, 11) is 0. The van der Waals surface area contributed by atoms with Crippen molar-refractivity contribution in [1.82, 2.24) is 25.4 Å². The van der Waals surface area contributed by atoms with Gasteiger partial charge in [-0.2, -0.15) is 0 Å². The summed E-state index contributed by atoms with van der Waals surface area (Å²) in [6, 6.07) is -0.0307. The van der Waals surface area contributed by atoms with E-state index < -0.39 is 41.2 Å². The number of aryl methyl sites for hydroxylation is 1. The summed E-state index contributed by atoms with van der Waals surface area (Å²) in [6.45, 7) is 5.57. The second kappa shape index (κ2) is 7.03. The van der Waals surface area contributed by atoms with Crippen molar-refractivity contribution in [3.8, 4) is 10.6 Å². The Kier molecular flexibility index (Phi) is 4.36. The molecule has 3 atom stereocenters. The minimum absolute atomic E-state index is 0.0317. The standard InChI is InChI=1S/C21H19FN6O5S/c1-7-6-28-14-10(4-11-13(16-8(2)25-27-34-16)26-33-15(11)12(14)22)5-21(17(28)9(3)32-7)18(29)23-20(31)24-19(21)30/h4,7,9,17H,5-6H2,1-3H3,(H2,23,24,29,30,31). The molecular weight excluding hydrogens is 467 g/mol. The number of fused-ring (bicyclic) bond motifs is 5. The molecule has 0 aliphatic carbocycles. The number of benzene rings is 1. The lowest BCUT2D eigenvalue weighted by Crippen LogP contribution is -2.75. The molecule has 3 unspecified atom stereocenters. The highest BCUT2D eigenvalue weighted by molar-refractivity contribution is 7.09. The van der Waals surface area contributed by atoms with Crippen LogP contribution in [0.5, 0.6) is 0 Å². The van der Waals surface area contributed by atoms with E-state index in [1.54, 1.807) is 24.8 Å². The average molecular weight is 486 g/mol. The monoisotopic (exact) mass is 486 g/mol. The zero-order chi connectivity index (χ0) is 23.9. The number of anilines is 1. The third kappa shape index (κ3) is 2.64. The second-order valence-electron chi connectivity index (χ2n) is 8.93. The fourth-order valence-corrected chi connectivity index (χ4v) is 6.21. The van der Waals surface area contributed by atoms with Gasteiger partial charge in [-0.3, -0.25) is 20.2 Å². The van der Waals surface area contributed by atoms with Crippen LogP contribution in [0.2, 0.25) is 0 Å². The van der Waals surface area contributed by atoms with Gasteiger partial charge in [0.2, 0.25) is 17.4 Å². The van der Waals surface area contributed by atoms with Gasteiger partial charge in [-0.05, 0) is 43.9 Å². The zero-order valence-corrected chi connectivity index (χ0v) is 19.2. The molecule has 1 aromatic carbocycles. The summed E-state index contributed by atoms with van der Waals surface area (Å²) in [5.41, 5.74) is -0.0473. The van der Waals surface area contributed by atoms with Crippen molar-refractivity contribution in [2.24, 2.45) is 5.41 Å². The van der Waals surface area contributed by atoms with Crippen molar-refractivity contribution < 1.29 is 28.0 Å². The third-order valence-electron chi connectivity index (χ3n) is 6.83. The quantitative estimate of drug-likeness (QED) is 0.492. The number of carbonyl (C=O) groups excluding carboxylic acids is 3. The van der Waals surface area contributed by atoms with Gasteiger partial charge in [-0.25, -0.2) is 9.18 Å². The number of nitrogens with zero attached hydrogens (tertiary/aromatic N) is 4. The van der Waals surface area contributed by atoms with Crippen molar-refractivity contribution in [2.75, 3.05) is 11.4 Å². The molecule has 3 aliphatic heterocycles. The van der Waals surface area contributed by atoms with Crippen LogP contribution in [-0.2, 0) is 20.7 Å². The Bertz CT molecular complexity index is 1380. The number of urea groups is 1. The molecule has 176 valence electrons. The number of rotatable bonds is 1. The fraction of sp³-hybridized carbons (Fsp3) is 0.429. The van der Waals surface area contributed by atoms with Gasteiger partial charge in [0.05, 0.1) is 35.0 Å². The van der Waals surface area contributed by atoms with Crippen molar-refractivity contribution in [3.63, 3.8) is 0 Å². The number of halogens is 1. The molecule has 2 N–H and O–H groups in total. The number of hydrogen-bond acceptors (Lipinski definition) is 10.